The van der Waals surface area contributed by atoms with Gasteiger partial charge in [0.1, 0.15) is 6.61 Å². The zero-order chi connectivity index (χ0) is 63.0. The molecule has 0 saturated heterocycles. The predicted molar refractivity (Wildman–Crippen MR) is 376 cm³/mol. The SMILES string of the molecule is CC/C=C\C/C=C\C/C=C\C/C=C\C/C=C\CCCCCCCCCCCCCC(=O)OC(COC(=O)CCCCCCCCCCCCCCCCCCCCCCCCCCCCC/C=C\C/C=C\CCCCCCC)COP(=O)(O)OCCN. The molecule has 0 bridgehead atoms. The van der Waals surface area contributed by atoms with E-state index in [-0.39, 0.29) is 38.6 Å². The molecule has 87 heavy (non-hydrogen) atoms. The molecule has 0 aliphatic rings. The van der Waals surface area contributed by atoms with E-state index in [0.29, 0.717) is 6.42 Å². The van der Waals surface area contributed by atoms with Crippen molar-refractivity contribution in [2.24, 2.45) is 5.73 Å². The van der Waals surface area contributed by atoms with E-state index in [1.54, 1.807) is 0 Å². The minimum atomic E-state index is -4.40. The monoisotopic (exact) mass is 1240 g/mol. The lowest BCUT2D eigenvalue weighted by molar-refractivity contribution is -0.161. The average molecular weight is 1240 g/mol. The first kappa shape index (κ1) is 84.2. The summed E-state index contributed by atoms with van der Waals surface area (Å²) in [5, 5.41) is 0. The highest BCUT2D eigenvalue weighted by molar-refractivity contribution is 7.47. The molecule has 0 saturated carbocycles. The van der Waals surface area contributed by atoms with Gasteiger partial charge in [-0.25, -0.2) is 4.57 Å². The summed E-state index contributed by atoms with van der Waals surface area (Å²) in [6.45, 7) is 3.66. The van der Waals surface area contributed by atoms with E-state index >= 15 is 0 Å². The van der Waals surface area contributed by atoms with Crippen LogP contribution in [-0.2, 0) is 32.7 Å². The Labute approximate surface area is 538 Å². The van der Waals surface area contributed by atoms with Crippen molar-refractivity contribution in [1.82, 2.24) is 0 Å². The first-order valence-corrected chi connectivity index (χ1v) is 38.6. The van der Waals surface area contributed by atoms with E-state index in [1.807, 2.05) is 0 Å². The van der Waals surface area contributed by atoms with E-state index < -0.39 is 26.5 Å². The van der Waals surface area contributed by atoms with Crippen molar-refractivity contribution in [2.45, 2.75) is 367 Å². The zero-order valence-electron chi connectivity index (χ0n) is 57.0. The van der Waals surface area contributed by atoms with Crippen molar-refractivity contribution < 1.29 is 37.6 Å². The fourth-order valence-electron chi connectivity index (χ4n) is 10.8. The summed E-state index contributed by atoms with van der Waals surface area (Å²) in [5.74, 6) is -0.818. The zero-order valence-corrected chi connectivity index (χ0v) is 57.9. The van der Waals surface area contributed by atoms with Gasteiger partial charge in [-0.1, -0.05) is 343 Å². The summed E-state index contributed by atoms with van der Waals surface area (Å²) in [4.78, 5) is 35.4. The summed E-state index contributed by atoms with van der Waals surface area (Å²) >= 11 is 0. The topological polar surface area (TPSA) is 134 Å². The van der Waals surface area contributed by atoms with Gasteiger partial charge in [0.25, 0.3) is 0 Å². The molecule has 0 spiro atoms. The second-order valence-electron chi connectivity index (χ2n) is 24.8. The van der Waals surface area contributed by atoms with E-state index in [1.165, 1.54) is 244 Å². The molecule has 2 atom stereocenters. The van der Waals surface area contributed by atoms with Crippen LogP contribution in [0.3, 0.4) is 0 Å². The summed E-state index contributed by atoms with van der Waals surface area (Å²) in [7, 11) is -4.40. The largest absolute Gasteiger partial charge is 0.472 e. The van der Waals surface area contributed by atoms with Gasteiger partial charge in [-0.05, 0) is 89.9 Å². The normalized spacial score (nSPS) is 13.4. The second-order valence-corrected chi connectivity index (χ2v) is 26.2. The molecule has 0 aromatic rings. The fraction of sp³-hybridized carbons (Fsp3) is 0.792. The Morgan fingerprint density at radius 2 is 0.632 bits per heavy atom. The van der Waals surface area contributed by atoms with Crippen molar-refractivity contribution in [1.29, 1.82) is 0 Å². The van der Waals surface area contributed by atoms with Gasteiger partial charge in [-0.15, -0.1) is 0 Å². The number of unbranched alkanes of at least 4 members (excludes halogenated alkanes) is 43. The van der Waals surface area contributed by atoms with Crippen molar-refractivity contribution in [2.75, 3.05) is 26.4 Å². The first-order valence-electron chi connectivity index (χ1n) is 37.1. The summed E-state index contributed by atoms with van der Waals surface area (Å²) in [5.41, 5.74) is 5.41. The third-order valence-corrected chi connectivity index (χ3v) is 17.2. The van der Waals surface area contributed by atoms with Gasteiger partial charge in [0, 0.05) is 19.4 Å². The first-order chi connectivity index (χ1) is 42.8. The molecule has 0 rings (SSSR count). The van der Waals surface area contributed by atoms with Crippen LogP contribution in [0.25, 0.3) is 0 Å². The molecular weight excluding hydrogens is 1100 g/mol. The van der Waals surface area contributed by atoms with Gasteiger partial charge in [-0.2, -0.15) is 0 Å². The molecule has 3 N–H and O–H groups in total. The number of phosphoric acid groups is 1. The number of nitrogens with two attached hydrogens (primary N) is 1. The molecule has 0 heterocycles. The molecule has 9 nitrogen and oxygen atoms in total. The number of allylic oxidation sites excluding steroid dienone is 14. The molecule has 0 radical (unpaired) electrons. The van der Waals surface area contributed by atoms with Crippen LogP contribution in [-0.4, -0.2) is 49.3 Å². The number of phosphoric ester groups is 1. The summed E-state index contributed by atoms with van der Waals surface area (Å²) in [6, 6.07) is 0. The highest BCUT2D eigenvalue weighted by Crippen LogP contribution is 2.43. The average Bonchev–Trinajstić information content (AvgIpc) is 3.62. The van der Waals surface area contributed by atoms with Crippen LogP contribution in [0.2, 0.25) is 0 Å². The molecule has 506 valence electrons. The number of rotatable bonds is 70. The van der Waals surface area contributed by atoms with Crippen LogP contribution in [0.1, 0.15) is 361 Å². The van der Waals surface area contributed by atoms with Gasteiger partial charge in [-0.3, -0.25) is 18.6 Å². The number of hydrogen-bond donors (Lipinski definition) is 2. The second kappa shape index (κ2) is 72.3. The Hall–Kier alpha value is -2.81. The van der Waals surface area contributed by atoms with Crippen molar-refractivity contribution in [3.05, 3.63) is 85.1 Å². The van der Waals surface area contributed by atoms with Gasteiger partial charge in [0.05, 0.1) is 13.2 Å². The number of carbonyl (C=O) groups excluding carboxylic acids is 2. The third-order valence-electron chi connectivity index (χ3n) is 16.3. The quantitative estimate of drug-likeness (QED) is 0.0264. The Morgan fingerprint density at radius 1 is 0.356 bits per heavy atom. The lowest BCUT2D eigenvalue weighted by atomic mass is 10.0. The van der Waals surface area contributed by atoms with Gasteiger partial charge < -0.3 is 20.1 Å². The Kier molecular flexibility index (Phi) is 69.9. The Balaban J connectivity index is 3.79. The lowest BCUT2D eigenvalue weighted by Gasteiger charge is -2.19. The maximum Gasteiger partial charge on any atom is 0.472 e. The molecule has 2 unspecified atom stereocenters. The van der Waals surface area contributed by atoms with Gasteiger partial charge >= 0.3 is 19.8 Å². The van der Waals surface area contributed by atoms with Crippen LogP contribution in [0, 0.1) is 0 Å². The van der Waals surface area contributed by atoms with Gasteiger partial charge in [0.2, 0.25) is 0 Å². The number of ether oxygens (including phenoxy) is 2. The highest BCUT2D eigenvalue weighted by Gasteiger charge is 2.26. The molecule has 0 aliphatic heterocycles. The van der Waals surface area contributed by atoms with Crippen molar-refractivity contribution in [3.8, 4) is 0 Å². The molecule has 0 fully saturated rings. The molecule has 0 aromatic carbocycles. The van der Waals surface area contributed by atoms with Gasteiger partial charge in [0.15, 0.2) is 6.10 Å². The van der Waals surface area contributed by atoms with E-state index in [2.05, 4.69) is 98.9 Å². The molecule has 0 aliphatic carbocycles. The summed E-state index contributed by atoms with van der Waals surface area (Å²) in [6.07, 6.45) is 97.0. The molecule has 0 aromatic heterocycles. The number of esters is 2. The standard InChI is InChI=1S/C77H140NO8P/c1-3-5-7-9-11-13-15-17-19-21-23-25-27-29-31-32-33-34-35-36-37-38-39-40-41-42-44-45-47-49-51-53-55-57-59-61-63-65-67-69-76(79)83-73-75(74-85-87(81,82)84-72-71-78)86-77(80)70-68-66-64-62-60-58-56-54-52-50-48-46-43-30-28-26-24-22-20-18-16-14-12-10-8-6-4-2/h6,8,12,14-15,17-18,20-21,23-24,26,30,43,75H,3-5,7,9-11,13,16,19,22,25,27-29,31-42,44-74,78H2,1-2H3,(H,81,82)/b8-6-,14-12-,17-15-,20-18-,23-21-,26-24-,43-30-. The minimum absolute atomic E-state index is 0.0517. The predicted octanol–water partition coefficient (Wildman–Crippen LogP) is 24.5. The van der Waals surface area contributed by atoms with Crippen molar-refractivity contribution in [3.63, 3.8) is 0 Å². The fourth-order valence-corrected chi connectivity index (χ4v) is 11.6. The number of hydrogen-bond acceptors (Lipinski definition) is 8. The highest BCUT2D eigenvalue weighted by atomic mass is 31.2. The van der Waals surface area contributed by atoms with Crippen LogP contribution in [0.5, 0.6) is 0 Å². The summed E-state index contributed by atoms with van der Waals surface area (Å²) < 4.78 is 33.2. The Morgan fingerprint density at radius 3 is 0.943 bits per heavy atom. The number of carbonyl (C=O) groups is 2. The van der Waals surface area contributed by atoms with Crippen LogP contribution < -0.4 is 5.73 Å². The van der Waals surface area contributed by atoms with Crippen LogP contribution in [0.15, 0.2) is 85.1 Å². The smallest absolute Gasteiger partial charge is 0.462 e. The maximum atomic E-state index is 12.8. The van der Waals surface area contributed by atoms with Crippen LogP contribution in [0.4, 0.5) is 0 Å². The van der Waals surface area contributed by atoms with E-state index in [4.69, 9.17) is 24.3 Å². The third kappa shape index (κ3) is 72.1. The molecular formula is C77H140NO8P. The maximum absolute atomic E-state index is 12.8. The molecule has 0 amide bonds. The Bertz CT molecular complexity index is 1700. The van der Waals surface area contributed by atoms with Crippen LogP contribution >= 0.6 is 7.82 Å². The van der Waals surface area contributed by atoms with E-state index in [9.17, 15) is 19.0 Å². The van der Waals surface area contributed by atoms with E-state index in [0.717, 1.165) is 83.5 Å². The lowest BCUT2D eigenvalue weighted by Crippen LogP contribution is -2.29. The molecule has 10 heteroatoms. The van der Waals surface area contributed by atoms with Crippen molar-refractivity contribution >= 4 is 19.8 Å². The minimum Gasteiger partial charge on any atom is -0.462 e.